The van der Waals surface area contributed by atoms with Crippen LogP contribution in [-0.4, -0.2) is 28.7 Å². The Morgan fingerprint density at radius 1 is 1.33 bits per heavy atom. The van der Waals surface area contributed by atoms with Gasteiger partial charge in [0, 0.05) is 23.8 Å². The van der Waals surface area contributed by atoms with Crippen LogP contribution in [0.3, 0.4) is 0 Å². The molecule has 1 aliphatic rings. The van der Waals surface area contributed by atoms with E-state index < -0.39 is 0 Å². The first-order valence-electron chi connectivity index (χ1n) is 5.82. The number of amides is 1. The largest absolute Gasteiger partial charge is 0.340 e. The molecule has 0 saturated heterocycles. The Kier molecular flexibility index (Phi) is 4.63. The first kappa shape index (κ1) is 13.0. The molecular formula is C12H22BrNO. The quantitative estimate of drug-likeness (QED) is 0.725. The summed E-state index contributed by atoms with van der Waals surface area (Å²) < 4.78 is 0. The van der Waals surface area contributed by atoms with E-state index in [2.05, 4.69) is 29.8 Å². The zero-order valence-electron chi connectivity index (χ0n) is 10.1. The smallest absolute Gasteiger partial charge is 0.225 e. The van der Waals surface area contributed by atoms with Crippen LogP contribution in [-0.2, 0) is 4.79 Å². The molecule has 1 rings (SSSR count). The molecule has 2 nitrogen and oxygen atoms in total. The van der Waals surface area contributed by atoms with Gasteiger partial charge in [-0.2, -0.15) is 0 Å². The van der Waals surface area contributed by atoms with Crippen molar-refractivity contribution in [2.24, 2.45) is 5.92 Å². The molecule has 0 heterocycles. The third-order valence-corrected chi connectivity index (χ3v) is 4.89. The van der Waals surface area contributed by atoms with Crippen LogP contribution in [0.25, 0.3) is 0 Å². The van der Waals surface area contributed by atoms with Crippen molar-refractivity contribution in [2.75, 3.05) is 12.4 Å². The lowest BCUT2D eigenvalue weighted by molar-refractivity contribution is -0.139. The summed E-state index contributed by atoms with van der Waals surface area (Å²) in [5.41, 5.74) is -0.0749. The topological polar surface area (TPSA) is 20.3 Å². The summed E-state index contributed by atoms with van der Waals surface area (Å²) in [7, 11) is 1.93. The minimum Gasteiger partial charge on any atom is -0.340 e. The van der Waals surface area contributed by atoms with E-state index in [0.717, 1.165) is 18.2 Å². The summed E-state index contributed by atoms with van der Waals surface area (Å²) >= 11 is 3.47. The molecule has 0 aromatic heterocycles. The van der Waals surface area contributed by atoms with E-state index in [1.54, 1.807) is 0 Å². The highest BCUT2D eigenvalue weighted by Crippen LogP contribution is 2.27. The Bertz CT molecular complexity index is 222. The monoisotopic (exact) mass is 275 g/mol. The number of nitrogens with zero attached hydrogens (tertiary/aromatic N) is 1. The van der Waals surface area contributed by atoms with Crippen molar-refractivity contribution in [3.8, 4) is 0 Å². The van der Waals surface area contributed by atoms with Crippen LogP contribution in [0, 0.1) is 5.92 Å². The zero-order chi connectivity index (χ0) is 11.5. The van der Waals surface area contributed by atoms with Crippen molar-refractivity contribution in [3.05, 3.63) is 0 Å². The molecule has 0 aromatic carbocycles. The number of rotatable bonds is 3. The van der Waals surface area contributed by atoms with Gasteiger partial charge in [0.2, 0.25) is 5.91 Å². The van der Waals surface area contributed by atoms with Gasteiger partial charge in [-0.3, -0.25) is 4.79 Å². The number of carbonyl (C=O) groups is 1. The van der Waals surface area contributed by atoms with E-state index in [4.69, 9.17) is 0 Å². The van der Waals surface area contributed by atoms with E-state index in [1.165, 1.54) is 19.3 Å². The number of alkyl halides is 1. The van der Waals surface area contributed by atoms with Gasteiger partial charge in [0.25, 0.3) is 0 Å². The average molecular weight is 276 g/mol. The molecule has 0 N–H and O–H groups in total. The molecule has 88 valence electrons. The van der Waals surface area contributed by atoms with Crippen LogP contribution in [0.2, 0.25) is 0 Å². The van der Waals surface area contributed by atoms with Gasteiger partial charge in [0.05, 0.1) is 0 Å². The lowest BCUT2D eigenvalue weighted by Crippen LogP contribution is -2.48. The van der Waals surface area contributed by atoms with E-state index in [1.807, 2.05) is 11.9 Å². The molecule has 0 unspecified atom stereocenters. The van der Waals surface area contributed by atoms with Gasteiger partial charge in [-0.25, -0.2) is 0 Å². The molecule has 0 spiro atoms. The maximum atomic E-state index is 12.2. The van der Waals surface area contributed by atoms with E-state index in [0.29, 0.717) is 5.91 Å². The predicted molar refractivity (Wildman–Crippen MR) is 67.2 cm³/mol. The first-order chi connectivity index (χ1) is 6.99. The molecule has 0 aromatic rings. The zero-order valence-corrected chi connectivity index (χ0v) is 11.6. The maximum absolute atomic E-state index is 12.2. The lowest BCUT2D eigenvalue weighted by Gasteiger charge is -2.37. The van der Waals surface area contributed by atoms with Crippen molar-refractivity contribution < 1.29 is 4.79 Å². The number of carbonyl (C=O) groups excluding carboxylic acids is 1. The number of hydrogen-bond donors (Lipinski definition) is 0. The molecule has 1 amide bonds. The predicted octanol–water partition coefficient (Wildman–Crippen LogP) is 3.20. The Balaban J connectivity index is 2.58. The van der Waals surface area contributed by atoms with Crippen LogP contribution in [0.1, 0.15) is 46.0 Å². The summed E-state index contributed by atoms with van der Waals surface area (Å²) in [5.74, 6) is 0.612. The van der Waals surface area contributed by atoms with Crippen LogP contribution in [0.5, 0.6) is 0 Å². The van der Waals surface area contributed by atoms with Gasteiger partial charge < -0.3 is 4.90 Å². The molecule has 1 fully saturated rings. The van der Waals surface area contributed by atoms with E-state index in [9.17, 15) is 4.79 Å². The highest BCUT2D eigenvalue weighted by molar-refractivity contribution is 9.09. The van der Waals surface area contributed by atoms with Crippen molar-refractivity contribution >= 4 is 21.8 Å². The minimum atomic E-state index is -0.0749. The van der Waals surface area contributed by atoms with Crippen LogP contribution < -0.4 is 0 Å². The Morgan fingerprint density at radius 2 is 1.87 bits per heavy atom. The van der Waals surface area contributed by atoms with E-state index in [-0.39, 0.29) is 11.5 Å². The van der Waals surface area contributed by atoms with Gasteiger partial charge in [0.15, 0.2) is 0 Å². The molecule has 0 atom stereocenters. The molecule has 3 heteroatoms. The van der Waals surface area contributed by atoms with Gasteiger partial charge >= 0.3 is 0 Å². The maximum Gasteiger partial charge on any atom is 0.225 e. The summed E-state index contributed by atoms with van der Waals surface area (Å²) in [6.45, 7) is 4.20. The Morgan fingerprint density at radius 3 is 2.33 bits per heavy atom. The molecule has 0 aliphatic heterocycles. The van der Waals surface area contributed by atoms with Gasteiger partial charge in [-0.1, -0.05) is 35.2 Å². The minimum absolute atomic E-state index is 0.0749. The second-order valence-electron chi connectivity index (χ2n) is 5.18. The fourth-order valence-electron chi connectivity index (χ4n) is 2.01. The third-order valence-electron chi connectivity index (χ3n) is 3.52. The summed E-state index contributed by atoms with van der Waals surface area (Å²) in [6.07, 6.45) is 5.91. The second-order valence-corrected chi connectivity index (χ2v) is 5.74. The molecule has 1 saturated carbocycles. The van der Waals surface area contributed by atoms with Gasteiger partial charge in [-0.15, -0.1) is 0 Å². The lowest BCUT2D eigenvalue weighted by atomic mass is 9.87. The van der Waals surface area contributed by atoms with E-state index >= 15 is 0 Å². The molecular weight excluding hydrogens is 254 g/mol. The van der Waals surface area contributed by atoms with Crippen molar-refractivity contribution in [1.82, 2.24) is 4.90 Å². The average Bonchev–Trinajstić information content (AvgIpc) is 2.28. The highest BCUT2D eigenvalue weighted by atomic mass is 79.9. The molecule has 0 bridgehead atoms. The summed E-state index contributed by atoms with van der Waals surface area (Å²) in [5, 5.41) is 0.828. The van der Waals surface area contributed by atoms with Gasteiger partial charge in [0.1, 0.15) is 0 Å². The summed E-state index contributed by atoms with van der Waals surface area (Å²) in [6, 6.07) is 0. The van der Waals surface area contributed by atoms with Gasteiger partial charge in [-0.05, 0) is 26.7 Å². The number of halogens is 1. The normalized spacial score (nSPS) is 18.9. The first-order valence-corrected chi connectivity index (χ1v) is 6.95. The van der Waals surface area contributed by atoms with Crippen LogP contribution in [0.15, 0.2) is 0 Å². The standard InChI is InChI=1S/C12H22BrNO/c1-12(2,9-13)14(3)11(15)10-7-5-4-6-8-10/h10H,4-9H2,1-3H3. The van der Waals surface area contributed by atoms with Crippen molar-refractivity contribution in [3.63, 3.8) is 0 Å². The summed E-state index contributed by atoms with van der Waals surface area (Å²) in [4.78, 5) is 14.1. The molecule has 0 radical (unpaired) electrons. The second kappa shape index (κ2) is 5.33. The molecule has 15 heavy (non-hydrogen) atoms. The fourth-order valence-corrected chi connectivity index (χ4v) is 2.39. The Labute approximate surface area is 102 Å². The SMILES string of the molecule is CN(C(=O)C1CCCCC1)C(C)(C)CBr. The van der Waals surface area contributed by atoms with Crippen LogP contribution in [0.4, 0.5) is 0 Å². The van der Waals surface area contributed by atoms with Crippen molar-refractivity contribution in [2.45, 2.75) is 51.5 Å². The number of hydrogen-bond acceptors (Lipinski definition) is 1. The highest BCUT2D eigenvalue weighted by Gasteiger charge is 2.31. The fraction of sp³-hybridized carbons (Fsp3) is 0.917. The third kappa shape index (κ3) is 3.20. The van der Waals surface area contributed by atoms with Crippen LogP contribution >= 0.6 is 15.9 Å². The Hall–Kier alpha value is -0.0500. The molecule has 1 aliphatic carbocycles. The van der Waals surface area contributed by atoms with Crippen molar-refractivity contribution in [1.29, 1.82) is 0 Å².